The first-order valence-electron chi connectivity index (χ1n) is 9.60. The normalized spacial score (nSPS) is 15.4. The van der Waals surface area contributed by atoms with Gasteiger partial charge in [0.15, 0.2) is 0 Å². The van der Waals surface area contributed by atoms with E-state index in [9.17, 15) is 17.6 Å². The van der Waals surface area contributed by atoms with Crippen LogP contribution in [0.15, 0.2) is 51.8 Å². The predicted molar refractivity (Wildman–Crippen MR) is 119 cm³/mol. The fraction of sp³-hybridized carbons (Fsp3) is 0.381. The number of hydrogen-bond donors (Lipinski definition) is 1. The molecule has 0 bridgehead atoms. The molecule has 0 spiro atoms. The Hall–Kier alpha value is -1.97. The van der Waals surface area contributed by atoms with Crippen LogP contribution < -0.4 is 9.62 Å². The Morgan fingerprint density at radius 3 is 2.20 bits per heavy atom. The van der Waals surface area contributed by atoms with Crippen LogP contribution in [-0.4, -0.2) is 50.9 Å². The number of benzene rings is 2. The molecule has 2 aromatic carbocycles. The van der Waals surface area contributed by atoms with E-state index in [0.29, 0.717) is 36.2 Å². The Morgan fingerprint density at radius 2 is 1.63 bits per heavy atom. The maximum atomic E-state index is 13.1. The van der Waals surface area contributed by atoms with Gasteiger partial charge in [0, 0.05) is 41.9 Å². The second-order valence-corrected chi connectivity index (χ2v) is 10.8. The Labute approximate surface area is 185 Å². The highest BCUT2D eigenvalue weighted by molar-refractivity contribution is 9.10. The van der Waals surface area contributed by atoms with Gasteiger partial charge in [-0.2, -0.15) is 0 Å². The molecule has 0 aromatic heterocycles. The van der Waals surface area contributed by atoms with Crippen LogP contribution in [0.25, 0.3) is 0 Å². The highest BCUT2D eigenvalue weighted by Crippen LogP contribution is 2.25. The summed E-state index contributed by atoms with van der Waals surface area (Å²) in [7, 11) is -3.75. The maximum absolute atomic E-state index is 13.1. The predicted octanol–water partition coefficient (Wildman–Crippen LogP) is 3.63. The van der Waals surface area contributed by atoms with Gasteiger partial charge in [0.05, 0.1) is 10.5 Å². The second kappa shape index (κ2) is 8.64. The zero-order valence-corrected chi connectivity index (χ0v) is 19.6. The van der Waals surface area contributed by atoms with Gasteiger partial charge in [-0.1, -0.05) is 0 Å². The third-order valence-electron chi connectivity index (χ3n) is 4.68. The van der Waals surface area contributed by atoms with E-state index in [2.05, 4.69) is 25.6 Å². The molecule has 6 nitrogen and oxygen atoms in total. The van der Waals surface area contributed by atoms with Crippen molar-refractivity contribution in [3.05, 3.63) is 58.3 Å². The maximum Gasteiger partial charge on any atom is 0.255 e. The van der Waals surface area contributed by atoms with Crippen LogP contribution in [0.4, 0.5) is 10.1 Å². The molecule has 162 valence electrons. The van der Waals surface area contributed by atoms with E-state index in [0.717, 1.165) is 5.69 Å². The van der Waals surface area contributed by atoms with Gasteiger partial charge in [0.2, 0.25) is 10.0 Å². The number of nitrogens with one attached hydrogen (secondary N) is 1. The minimum absolute atomic E-state index is 0.0499. The number of carbonyl (C=O) groups is 1. The standard InChI is InChI=1S/C21H25BrFN3O3S/c1-21(2,3)24-30(28,29)17-8-9-19(22)18(14-17)20(27)26-12-10-25(11-13-26)16-6-4-15(23)5-7-16/h4-9,14,24H,10-13H2,1-3H3. The largest absolute Gasteiger partial charge is 0.368 e. The number of amides is 1. The topological polar surface area (TPSA) is 69.7 Å². The van der Waals surface area contributed by atoms with Crippen LogP contribution in [-0.2, 0) is 10.0 Å². The molecule has 0 atom stereocenters. The van der Waals surface area contributed by atoms with Crippen LogP contribution in [0, 0.1) is 5.82 Å². The zero-order chi connectivity index (χ0) is 22.1. The Morgan fingerprint density at radius 1 is 1.03 bits per heavy atom. The van der Waals surface area contributed by atoms with Crippen molar-refractivity contribution >= 4 is 37.5 Å². The molecule has 1 aliphatic heterocycles. The molecule has 1 fully saturated rings. The number of piperazine rings is 1. The number of halogens is 2. The molecule has 0 radical (unpaired) electrons. The molecule has 1 aliphatic rings. The highest BCUT2D eigenvalue weighted by Gasteiger charge is 2.27. The molecule has 30 heavy (non-hydrogen) atoms. The minimum Gasteiger partial charge on any atom is -0.368 e. The van der Waals surface area contributed by atoms with E-state index < -0.39 is 15.6 Å². The molecular formula is C21H25BrFN3O3S. The Balaban J connectivity index is 1.75. The second-order valence-electron chi connectivity index (χ2n) is 8.25. The fourth-order valence-corrected chi connectivity index (χ4v) is 5.15. The zero-order valence-electron chi connectivity index (χ0n) is 17.2. The minimum atomic E-state index is -3.75. The molecular weight excluding hydrogens is 473 g/mol. The van der Waals surface area contributed by atoms with Gasteiger partial charge in [-0.25, -0.2) is 17.5 Å². The monoisotopic (exact) mass is 497 g/mol. The molecule has 0 aliphatic carbocycles. The van der Waals surface area contributed by atoms with Crippen molar-refractivity contribution in [1.82, 2.24) is 9.62 Å². The summed E-state index contributed by atoms with van der Waals surface area (Å²) in [6.07, 6.45) is 0. The average molecular weight is 498 g/mol. The van der Waals surface area contributed by atoms with Gasteiger partial charge in [-0.05, 0) is 79.2 Å². The fourth-order valence-electron chi connectivity index (χ4n) is 3.29. The number of anilines is 1. The first-order chi connectivity index (χ1) is 14.0. The van der Waals surface area contributed by atoms with E-state index in [-0.39, 0.29) is 16.6 Å². The van der Waals surface area contributed by atoms with E-state index in [1.165, 1.54) is 24.3 Å². The first-order valence-corrected chi connectivity index (χ1v) is 11.9. The van der Waals surface area contributed by atoms with Crippen LogP contribution in [0.5, 0.6) is 0 Å². The summed E-state index contributed by atoms with van der Waals surface area (Å²) in [5.41, 5.74) is 0.584. The summed E-state index contributed by atoms with van der Waals surface area (Å²) < 4.78 is 41.6. The summed E-state index contributed by atoms with van der Waals surface area (Å²) in [4.78, 5) is 16.9. The SMILES string of the molecule is CC(C)(C)NS(=O)(=O)c1ccc(Br)c(C(=O)N2CCN(c3ccc(F)cc3)CC2)c1. The number of nitrogens with zero attached hydrogens (tertiary/aromatic N) is 2. The van der Waals surface area contributed by atoms with Gasteiger partial charge in [0.1, 0.15) is 5.82 Å². The summed E-state index contributed by atoms with van der Waals surface area (Å²) in [6, 6.07) is 10.7. The van der Waals surface area contributed by atoms with E-state index in [1.807, 2.05) is 0 Å². The number of hydrogen-bond acceptors (Lipinski definition) is 4. The lowest BCUT2D eigenvalue weighted by Gasteiger charge is -2.36. The molecule has 1 saturated heterocycles. The molecule has 1 N–H and O–H groups in total. The summed E-state index contributed by atoms with van der Waals surface area (Å²) in [5, 5.41) is 0. The molecule has 2 aromatic rings. The third-order valence-corrected chi connectivity index (χ3v) is 7.12. The smallest absolute Gasteiger partial charge is 0.255 e. The van der Waals surface area contributed by atoms with E-state index in [4.69, 9.17) is 0 Å². The highest BCUT2D eigenvalue weighted by atomic mass is 79.9. The lowest BCUT2D eigenvalue weighted by Crippen LogP contribution is -2.49. The molecule has 1 heterocycles. The van der Waals surface area contributed by atoms with Crippen molar-refractivity contribution in [1.29, 1.82) is 0 Å². The summed E-state index contributed by atoms with van der Waals surface area (Å²) in [5.74, 6) is -0.512. The lowest BCUT2D eigenvalue weighted by molar-refractivity contribution is 0.0745. The van der Waals surface area contributed by atoms with Gasteiger partial charge in [-0.3, -0.25) is 4.79 Å². The Kier molecular flexibility index (Phi) is 6.54. The van der Waals surface area contributed by atoms with Crippen molar-refractivity contribution in [2.24, 2.45) is 0 Å². The quantitative estimate of drug-likeness (QED) is 0.699. The van der Waals surface area contributed by atoms with Crippen molar-refractivity contribution in [3.63, 3.8) is 0 Å². The number of rotatable bonds is 4. The van der Waals surface area contributed by atoms with Crippen molar-refractivity contribution in [2.45, 2.75) is 31.2 Å². The summed E-state index contributed by atoms with van der Waals surface area (Å²) >= 11 is 3.37. The molecule has 1 amide bonds. The number of sulfonamides is 1. The molecule has 0 saturated carbocycles. The number of carbonyl (C=O) groups excluding carboxylic acids is 1. The Bertz CT molecular complexity index is 1030. The lowest BCUT2D eigenvalue weighted by atomic mass is 10.1. The van der Waals surface area contributed by atoms with E-state index in [1.54, 1.807) is 43.9 Å². The van der Waals surface area contributed by atoms with Crippen LogP contribution in [0.1, 0.15) is 31.1 Å². The summed E-state index contributed by atoms with van der Waals surface area (Å²) in [6.45, 7) is 7.47. The average Bonchev–Trinajstić information content (AvgIpc) is 2.66. The van der Waals surface area contributed by atoms with Crippen LogP contribution in [0.2, 0.25) is 0 Å². The van der Waals surface area contributed by atoms with Crippen LogP contribution >= 0.6 is 15.9 Å². The molecule has 0 unspecified atom stereocenters. The van der Waals surface area contributed by atoms with Crippen molar-refractivity contribution < 1.29 is 17.6 Å². The van der Waals surface area contributed by atoms with Crippen molar-refractivity contribution in [3.8, 4) is 0 Å². The van der Waals surface area contributed by atoms with Gasteiger partial charge in [-0.15, -0.1) is 0 Å². The third kappa shape index (κ3) is 5.39. The van der Waals surface area contributed by atoms with E-state index >= 15 is 0 Å². The van der Waals surface area contributed by atoms with Gasteiger partial charge >= 0.3 is 0 Å². The van der Waals surface area contributed by atoms with Gasteiger partial charge in [0.25, 0.3) is 5.91 Å². The molecule has 3 rings (SSSR count). The first kappa shape index (κ1) is 22.7. The van der Waals surface area contributed by atoms with Crippen molar-refractivity contribution in [2.75, 3.05) is 31.1 Å². The van der Waals surface area contributed by atoms with Crippen LogP contribution in [0.3, 0.4) is 0 Å². The molecule has 9 heteroatoms. The van der Waals surface area contributed by atoms with Gasteiger partial charge < -0.3 is 9.80 Å².